The van der Waals surface area contributed by atoms with Gasteiger partial charge >= 0.3 is 0 Å². The maximum atomic E-state index is 13.5. The van der Waals surface area contributed by atoms with E-state index < -0.39 is 49.1 Å². The van der Waals surface area contributed by atoms with Crippen molar-refractivity contribution in [2.45, 2.75) is 30.6 Å². The molecule has 0 aliphatic carbocycles. The number of carbonyl (C=O) groups is 2. The van der Waals surface area contributed by atoms with Crippen molar-refractivity contribution in [1.82, 2.24) is 14.6 Å². The second-order valence-corrected chi connectivity index (χ2v) is 10.7. The van der Waals surface area contributed by atoms with Crippen molar-refractivity contribution in [1.29, 1.82) is 0 Å². The molecule has 2 aliphatic heterocycles. The smallest absolute Gasteiger partial charge is 0.276 e. The summed E-state index contributed by atoms with van der Waals surface area (Å²) in [6.45, 7) is -0.508. The lowest BCUT2D eigenvalue weighted by atomic mass is 9.96. The maximum absolute atomic E-state index is 13.5. The molecule has 0 saturated carbocycles. The zero-order valence-corrected chi connectivity index (χ0v) is 22.3. The van der Waals surface area contributed by atoms with E-state index in [1.807, 2.05) is 0 Å². The predicted molar refractivity (Wildman–Crippen MR) is 147 cm³/mol. The second kappa shape index (κ2) is 8.87. The fraction of sp³-hybridized carbons (Fsp3) is 0.259. The Labute approximate surface area is 235 Å². The third-order valence-corrected chi connectivity index (χ3v) is 8.60. The summed E-state index contributed by atoms with van der Waals surface area (Å²) in [7, 11) is 1.34. The number of carbonyl (C=O) groups excluding carboxylic acids is 2. The van der Waals surface area contributed by atoms with E-state index in [1.165, 1.54) is 7.11 Å². The molecule has 6 N–H and O–H groups in total. The Balaban J connectivity index is 1.72. The van der Waals surface area contributed by atoms with E-state index in [4.69, 9.17) is 38.5 Å². The van der Waals surface area contributed by atoms with Gasteiger partial charge in [-0.05, 0) is 12.1 Å². The van der Waals surface area contributed by atoms with Crippen LogP contribution in [0.4, 0.5) is 0 Å². The van der Waals surface area contributed by atoms with Crippen molar-refractivity contribution in [3.05, 3.63) is 57.6 Å². The van der Waals surface area contributed by atoms with Crippen molar-refractivity contribution < 1.29 is 34.4 Å². The van der Waals surface area contributed by atoms with E-state index in [9.17, 15) is 24.9 Å². The van der Waals surface area contributed by atoms with Crippen LogP contribution >= 0.6 is 23.2 Å². The van der Waals surface area contributed by atoms with Gasteiger partial charge < -0.3 is 34.3 Å². The molecule has 11 nitrogen and oxygen atoms in total. The average molecular weight is 585 g/mol. The molecule has 2 aliphatic rings. The van der Waals surface area contributed by atoms with Crippen LogP contribution in [-0.4, -0.2) is 79.8 Å². The van der Waals surface area contributed by atoms with Crippen molar-refractivity contribution in [3.8, 4) is 0 Å². The number of benzene rings is 3. The molecule has 13 heteroatoms. The van der Waals surface area contributed by atoms with Crippen LogP contribution in [0.5, 0.6) is 0 Å². The van der Waals surface area contributed by atoms with Gasteiger partial charge in [0.25, 0.3) is 11.8 Å². The minimum absolute atomic E-state index is 0.0706. The number of hydrazine groups is 1. The first kappa shape index (κ1) is 25.7. The molecule has 0 bridgehead atoms. The lowest BCUT2D eigenvalue weighted by Gasteiger charge is -2.42. The first-order valence-electron chi connectivity index (χ1n) is 12.4. The molecule has 1 saturated heterocycles. The molecule has 3 aromatic carbocycles. The third-order valence-electron chi connectivity index (χ3n) is 7.98. The van der Waals surface area contributed by atoms with E-state index in [0.29, 0.717) is 53.6 Å². The molecule has 0 spiro atoms. The highest BCUT2D eigenvalue weighted by atomic mass is 35.5. The summed E-state index contributed by atoms with van der Waals surface area (Å²) in [5.74, 6) is 4.57. The van der Waals surface area contributed by atoms with Crippen LogP contribution in [0.3, 0.4) is 0 Å². The number of methoxy groups -OCH3 is 1. The van der Waals surface area contributed by atoms with Gasteiger partial charge in [0.1, 0.15) is 24.4 Å². The zero-order valence-electron chi connectivity index (χ0n) is 20.8. The molecular weight excluding hydrogens is 563 g/mol. The number of hydrogen-bond donors (Lipinski definition) is 5. The number of aromatic nitrogens is 2. The topological polar surface area (TPSA) is 163 Å². The molecule has 7 rings (SSSR count). The van der Waals surface area contributed by atoms with Crippen LogP contribution in [-0.2, 0) is 9.47 Å². The molecule has 2 amide bonds. The first-order valence-corrected chi connectivity index (χ1v) is 13.1. The lowest BCUT2D eigenvalue weighted by Crippen LogP contribution is -2.57. The Morgan fingerprint density at radius 2 is 1.60 bits per heavy atom. The summed E-state index contributed by atoms with van der Waals surface area (Å²) in [5.41, 5.74) is 1.86. The maximum Gasteiger partial charge on any atom is 0.276 e. The van der Waals surface area contributed by atoms with E-state index in [2.05, 4.69) is 4.98 Å². The number of imide groups is 1. The number of amides is 2. The first-order chi connectivity index (χ1) is 19.2. The molecule has 2 aromatic heterocycles. The Bertz CT molecular complexity index is 1920. The van der Waals surface area contributed by atoms with Crippen LogP contribution in [0.2, 0.25) is 10.0 Å². The monoisotopic (exact) mass is 584 g/mol. The van der Waals surface area contributed by atoms with E-state index in [0.717, 1.165) is 0 Å². The molecule has 40 heavy (non-hydrogen) atoms. The number of aliphatic hydroxyl groups excluding tert-OH is 3. The number of H-pyrrole nitrogens is 1. The van der Waals surface area contributed by atoms with Gasteiger partial charge in [-0.15, -0.1) is 0 Å². The normalized spacial score (nSPS) is 25.3. The highest BCUT2D eigenvalue weighted by molar-refractivity contribution is 6.43. The number of rotatable bonds is 3. The number of hydrogen-bond acceptors (Lipinski definition) is 8. The van der Waals surface area contributed by atoms with Crippen LogP contribution in [0.25, 0.3) is 43.6 Å². The number of aliphatic hydroxyl groups is 3. The zero-order chi connectivity index (χ0) is 28.2. The molecule has 4 heterocycles. The van der Waals surface area contributed by atoms with Gasteiger partial charge in [-0.1, -0.05) is 47.5 Å². The number of para-hydroxylation sites is 2. The highest BCUT2D eigenvalue weighted by Crippen LogP contribution is 2.48. The Morgan fingerprint density at radius 1 is 0.950 bits per heavy atom. The summed E-state index contributed by atoms with van der Waals surface area (Å²) in [5, 5.41) is 35.4. The summed E-state index contributed by atoms with van der Waals surface area (Å²) in [6, 6.07) is 10.2. The summed E-state index contributed by atoms with van der Waals surface area (Å²) < 4.78 is 13.1. The number of nitrogens with two attached hydrogens (primary N) is 1. The number of nitrogens with zero attached hydrogens (tertiary/aromatic N) is 2. The summed E-state index contributed by atoms with van der Waals surface area (Å²) in [4.78, 5) is 30.2. The van der Waals surface area contributed by atoms with E-state index >= 15 is 0 Å². The van der Waals surface area contributed by atoms with Gasteiger partial charge in [-0.3, -0.25) is 9.59 Å². The minimum atomic E-state index is -1.54. The second-order valence-electron chi connectivity index (χ2n) is 9.93. The van der Waals surface area contributed by atoms with Crippen LogP contribution in [0, 0.1) is 0 Å². The third kappa shape index (κ3) is 3.11. The van der Waals surface area contributed by atoms with Crippen molar-refractivity contribution in [3.63, 3.8) is 0 Å². The molecule has 5 unspecified atom stereocenters. The van der Waals surface area contributed by atoms with Gasteiger partial charge in [0.05, 0.1) is 49.8 Å². The Hall–Kier alpha value is -3.26. The average Bonchev–Trinajstić information content (AvgIpc) is 3.56. The van der Waals surface area contributed by atoms with Crippen LogP contribution in [0.1, 0.15) is 26.9 Å². The Morgan fingerprint density at radius 3 is 2.27 bits per heavy atom. The predicted octanol–water partition coefficient (Wildman–Crippen LogP) is 2.83. The SMILES string of the molecule is COC1C(CO)OC(n2c3c(Cl)cccc3c3c4c(c5c6cccc(Cl)c6[nH]c5c32)C(=O)N(N)C4=O)C(O)C1O. The quantitative estimate of drug-likeness (QED) is 0.123. The highest BCUT2D eigenvalue weighted by Gasteiger charge is 2.47. The largest absolute Gasteiger partial charge is 0.394 e. The van der Waals surface area contributed by atoms with Gasteiger partial charge in [0, 0.05) is 28.7 Å². The fourth-order valence-electron chi connectivity index (χ4n) is 6.28. The standard InChI is InChI=1S/C27H22Cl2N4O7/c1-39-24-13(8-34)40-27(23(36)22(24)35)32-20-10(5-3-7-12(20)29)15-17-16(25(37)33(30)26(17)38)14-9-4-2-6-11(28)18(9)31-19(14)21(15)32/h2-7,13,22-24,27,31,34-36H,8,30H2,1H3. The van der Waals surface area contributed by atoms with Gasteiger partial charge in [-0.25, -0.2) is 10.9 Å². The fourth-order valence-corrected chi connectivity index (χ4v) is 6.76. The van der Waals surface area contributed by atoms with Gasteiger partial charge in [0.15, 0.2) is 6.23 Å². The molecule has 0 radical (unpaired) electrons. The number of fused-ring (bicyclic) bond motifs is 10. The Kier molecular flexibility index (Phi) is 5.70. The molecule has 206 valence electrons. The number of ether oxygens (including phenoxy) is 2. The summed E-state index contributed by atoms with van der Waals surface area (Å²) >= 11 is 13.3. The van der Waals surface area contributed by atoms with E-state index in [1.54, 1.807) is 41.0 Å². The van der Waals surface area contributed by atoms with Crippen molar-refractivity contribution >= 4 is 78.6 Å². The van der Waals surface area contributed by atoms with Gasteiger partial charge in [-0.2, -0.15) is 0 Å². The number of nitrogens with one attached hydrogen (secondary N) is 1. The number of aromatic amines is 1. The van der Waals surface area contributed by atoms with Crippen LogP contribution in [0.15, 0.2) is 36.4 Å². The minimum Gasteiger partial charge on any atom is -0.394 e. The van der Waals surface area contributed by atoms with Crippen molar-refractivity contribution in [2.75, 3.05) is 13.7 Å². The molecule has 1 fully saturated rings. The molecule has 5 atom stereocenters. The molecule has 5 aromatic rings. The summed E-state index contributed by atoms with van der Waals surface area (Å²) in [6.07, 6.45) is -6.29. The lowest BCUT2D eigenvalue weighted by molar-refractivity contribution is -0.255. The van der Waals surface area contributed by atoms with Crippen molar-refractivity contribution in [2.24, 2.45) is 5.84 Å². The van der Waals surface area contributed by atoms with Crippen LogP contribution < -0.4 is 5.84 Å². The number of halogens is 2. The van der Waals surface area contributed by atoms with E-state index in [-0.39, 0.29) is 16.1 Å². The molecular formula is C27H22Cl2N4O7. The van der Waals surface area contributed by atoms with Gasteiger partial charge in [0.2, 0.25) is 0 Å².